The molecule has 24 heavy (non-hydrogen) atoms. The molecule has 2 aromatic heterocycles. The zero-order valence-electron chi connectivity index (χ0n) is 13.9. The first kappa shape index (κ1) is 16.5. The summed E-state index contributed by atoms with van der Waals surface area (Å²) < 4.78 is 5.61. The van der Waals surface area contributed by atoms with Gasteiger partial charge in [0.2, 0.25) is 0 Å². The largest absolute Gasteiger partial charge is 0.378 e. The summed E-state index contributed by atoms with van der Waals surface area (Å²) >= 11 is 0. The first-order chi connectivity index (χ1) is 11.7. The number of aromatic nitrogens is 3. The van der Waals surface area contributed by atoms with Gasteiger partial charge in [-0.05, 0) is 37.8 Å². The van der Waals surface area contributed by atoms with E-state index in [0.29, 0.717) is 24.0 Å². The number of hydrogen-bond acceptors (Lipinski definition) is 5. The number of carbonyl (C=O) groups excluding carboxylic acids is 1. The number of carbonyl (C=O) groups is 1. The van der Waals surface area contributed by atoms with Crippen LogP contribution in [0, 0.1) is 0 Å². The van der Waals surface area contributed by atoms with E-state index < -0.39 is 0 Å². The molecule has 0 bridgehead atoms. The summed E-state index contributed by atoms with van der Waals surface area (Å²) in [6, 6.07) is 3.72. The minimum atomic E-state index is -0.0555. The van der Waals surface area contributed by atoms with E-state index in [-0.39, 0.29) is 5.91 Å². The van der Waals surface area contributed by atoms with E-state index >= 15 is 0 Å². The highest BCUT2D eigenvalue weighted by Crippen LogP contribution is 2.17. The summed E-state index contributed by atoms with van der Waals surface area (Å²) in [6.07, 6.45) is 11.2. The van der Waals surface area contributed by atoms with Gasteiger partial charge < -0.3 is 9.64 Å². The molecule has 3 rings (SSSR count). The highest BCUT2D eigenvalue weighted by atomic mass is 16.5. The number of ether oxygens (including phenoxy) is 1. The Morgan fingerprint density at radius 2 is 2.17 bits per heavy atom. The smallest absolute Gasteiger partial charge is 0.256 e. The average Bonchev–Trinajstić information content (AvgIpc) is 3.15. The molecule has 1 atom stereocenters. The Bertz CT molecular complexity index is 654. The molecule has 126 valence electrons. The standard InChI is InChI=1S/C18H22N4O2/c1-22(9-3-6-16-7-4-10-24-16)18(23)15-12-20-17(21-13-15)14-5-2-8-19-11-14/h2,5,8,11-13,16H,3-4,6-7,9-10H2,1H3. The molecule has 1 aliphatic rings. The predicted molar refractivity (Wildman–Crippen MR) is 90.4 cm³/mol. The Balaban J connectivity index is 1.54. The lowest BCUT2D eigenvalue weighted by molar-refractivity contribution is 0.0762. The van der Waals surface area contributed by atoms with Crippen molar-refractivity contribution in [1.29, 1.82) is 0 Å². The molecule has 1 aliphatic heterocycles. The van der Waals surface area contributed by atoms with Crippen molar-refractivity contribution in [3.63, 3.8) is 0 Å². The lowest BCUT2D eigenvalue weighted by Crippen LogP contribution is -2.28. The van der Waals surface area contributed by atoms with Crippen LogP contribution in [0.5, 0.6) is 0 Å². The molecule has 0 spiro atoms. The van der Waals surface area contributed by atoms with Gasteiger partial charge in [-0.3, -0.25) is 9.78 Å². The van der Waals surface area contributed by atoms with Gasteiger partial charge in [0.25, 0.3) is 5.91 Å². The second-order valence-corrected chi connectivity index (χ2v) is 6.04. The van der Waals surface area contributed by atoms with Gasteiger partial charge in [0.15, 0.2) is 5.82 Å². The van der Waals surface area contributed by atoms with Crippen molar-refractivity contribution in [2.75, 3.05) is 20.2 Å². The van der Waals surface area contributed by atoms with Gasteiger partial charge in [0, 0.05) is 50.6 Å². The van der Waals surface area contributed by atoms with Gasteiger partial charge in [0.05, 0.1) is 11.7 Å². The van der Waals surface area contributed by atoms with Crippen LogP contribution >= 0.6 is 0 Å². The van der Waals surface area contributed by atoms with Crippen LogP contribution in [0.1, 0.15) is 36.0 Å². The predicted octanol–water partition coefficient (Wildman–Crippen LogP) is 2.57. The molecule has 6 nitrogen and oxygen atoms in total. The fourth-order valence-electron chi connectivity index (χ4n) is 2.83. The third-order valence-corrected chi connectivity index (χ3v) is 4.21. The summed E-state index contributed by atoms with van der Waals surface area (Å²) in [5.74, 6) is 0.515. The molecule has 1 amide bonds. The summed E-state index contributed by atoms with van der Waals surface area (Å²) in [7, 11) is 1.81. The van der Waals surface area contributed by atoms with Crippen molar-refractivity contribution in [2.24, 2.45) is 0 Å². The fraction of sp³-hybridized carbons (Fsp3) is 0.444. The van der Waals surface area contributed by atoms with Gasteiger partial charge in [-0.2, -0.15) is 0 Å². The van der Waals surface area contributed by atoms with Crippen LogP contribution in [0.3, 0.4) is 0 Å². The first-order valence-electron chi connectivity index (χ1n) is 8.33. The molecule has 1 fully saturated rings. The highest BCUT2D eigenvalue weighted by molar-refractivity contribution is 5.93. The zero-order valence-corrected chi connectivity index (χ0v) is 13.9. The van der Waals surface area contributed by atoms with E-state index in [9.17, 15) is 4.79 Å². The van der Waals surface area contributed by atoms with Crippen LogP contribution in [0.4, 0.5) is 0 Å². The van der Waals surface area contributed by atoms with Crippen molar-refractivity contribution in [1.82, 2.24) is 19.9 Å². The van der Waals surface area contributed by atoms with Crippen LogP contribution in [-0.2, 0) is 4.74 Å². The van der Waals surface area contributed by atoms with Gasteiger partial charge in [-0.1, -0.05) is 0 Å². The summed E-state index contributed by atoms with van der Waals surface area (Å²) in [5.41, 5.74) is 1.34. The minimum Gasteiger partial charge on any atom is -0.378 e. The average molecular weight is 326 g/mol. The molecule has 6 heteroatoms. The van der Waals surface area contributed by atoms with Gasteiger partial charge in [-0.15, -0.1) is 0 Å². The van der Waals surface area contributed by atoms with Crippen molar-refractivity contribution in [3.05, 3.63) is 42.5 Å². The molecular formula is C18H22N4O2. The molecule has 0 saturated carbocycles. The molecule has 2 aromatic rings. The Morgan fingerprint density at radius 1 is 1.33 bits per heavy atom. The van der Waals surface area contributed by atoms with Gasteiger partial charge >= 0.3 is 0 Å². The Labute approximate surface area is 141 Å². The number of nitrogens with zero attached hydrogens (tertiary/aromatic N) is 4. The van der Waals surface area contributed by atoms with E-state index in [4.69, 9.17) is 4.74 Å². The lowest BCUT2D eigenvalue weighted by Gasteiger charge is -2.18. The maximum absolute atomic E-state index is 12.4. The fourth-order valence-corrected chi connectivity index (χ4v) is 2.83. The number of pyridine rings is 1. The Morgan fingerprint density at radius 3 is 2.83 bits per heavy atom. The monoisotopic (exact) mass is 326 g/mol. The van der Waals surface area contributed by atoms with Crippen molar-refractivity contribution < 1.29 is 9.53 Å². The second kappa shape index (κ2) is 7.97. The summed E-state index contributed by atoms with van der Waals surface area (Å²) in [6.45, 7) is 1.59. The minimum absolute atomic E-state index is 0.0555. The van der Waals surface area contributed by atoms with Crippen molar-refractivity contribution in [3.8, 4) is 11.4 Å². The van der Waals surface area contributed by atoms with E-state index in [1.807, 2.05) is 19.2 Å². The van der Waals surface area contributed by atoms with Crippen LogP contribution < -0.4 is 0 Å². The summed E-state index contributed by atoms with van der Waals surface area (Å²) in [4.78, 5) is 26.7. The quantitative estimate of drug-likeness (QED) is 0.816. The Hall–Kier alpha value is -2.34. The maximum Gasteiger partial charge on any atom is 0.256 e. The zero-order chi connectivity index (χ0) is 16.8. The lowest BCUT2D eigenvalue weighted by atomic mass is 10.1. The van der Waals surface area contributed by atoms with E-state index in [2.05, 4.69) is 15.0 Å². The number of hydrogen-bond donors (Lipinski definition) is 0. The molecule has 3 heterocycles. The van der Waals surface area contributed by atoms with E-state index in [0.717, 1.165) is 37.9 Å². The van der Waals surface area contributed by atoms with Gasteiger partial charge in [-0.25, -0.2) is 9.97 Å². The third-order valence-electron chi connectivity index (χ3n) is 4.21. The van der Waals surface area contributed by atoms with E-state index in [1.54, 1.807) is 29.7 Å². The molecule has 0 radical (unpaired) electrons. The van der Waals surface area contributed by atoms with Crippen LogP contribution in [0.2, 0.25) is 0 Å². The van der Waals surface area contributed by atoms with E-state index in [1.165, 1.54) is 0 Å². The van der Waals surface area contributed by atoms with Crippen molar-refractivity contribution in [2.45, 2.75) is 31.8 Å². The number of amides is 1. The first-order valence-corrected chi connectivity index (χ1v) is 8.33. The highest BCUT2D eigenvalue weighted by Gasteiger charge is 2.17. The van der Waals surface area contributed by atoms with Crippen molar-refractivity contribution >= 4 is 5.91 Å². The second-order valence-electron chi connectivity index (χ2n) is 6.04. The van der Waals surface area contributed by atoms with Crippen LogP contribution in [-0.4, -0.2) is 52.1 Å². The topological polar surface area (TPSA) is 68.2 Å². The van der Waals surface area contributed by atoms with Crippen LogP contribution in [0.15, 0.2) is 36.9 Å². The maximum atomic E-state index is 12.4. The van der Waals surface area contributed by atoms with Gasteiger partial charge in [0.1, 0.15) is 0 Å². The Kier molecular flexibility index (Phi) is 5.48. The molecule has 0 aromatic carbocycles. The molecule has 1 unspecified atom stereocenters. The molecular weight excluding hydrogens is 304 g/mol. The SMILES string of the molecule is CN(CCCC1CCCO1)C(=O)c1cnc(-c2cccnc2)nc1. The molecule has 0 aliphatic carbocycles. The normalized spacial score (nSPS) is 17.0. The number of rotatable bonds is 6. The summed E-state index contributed by atoms with van der Waals surface area (Å²) in [5, 5.41) is 0. The molecule has 1 saturated heterocycles. The van der Waals surface area contributed by atoms with Crippen LogP contribution in [0.25, 0.3) is 11.4 Å². The third kappa shape index (κ3) is 4.14. The molecule has 0 N–H and O–H groups in total.